The Labute approximate surface area is 161 Å². The predicted octanol–water partition coefficient (Wildman–Crippen LogP) is 4.99. The molecule has 2 unspecified atom stereocenters. The van der Waals surface area contributed by atoms with Crippen LogP contribution in [0.3, 0.4) is 0 Å². The van der Waals surface area contributed by atoms with Crippen LogP contribution in [0.2, 0.25) is 0 Å². The summed E-state index contributed by atoms with van der Waals surface area (Å²) < 4.78 is 14.1. The highest BCUT2D eigenvalue weighted by molar-refractivity contribution is 7.79. The lowest BCUT2D eigenvalue weighted by atomic mass is 10.2. The van der Waals surface area contributed by atoms with Gasteiger partial charge in [-0.05, 0) is 46.7 Å². The number of nitrogens with zero attached hydrogens (tertiary/aromatic N) is 2. The van der Waals surface area contributed by atoms with Crippen LogP contribution in [0.4, 0.5) is 0 Å². The van der Waals surface area contributed by atoms with Gasteiger partial charge in [-0.2, -0.15) is 0 Å². The largest absolute Gasteiger partial charge is 0.440 e. The van der Waals surface area contributed by atoms with Gasteiger partial charge in [0.15, 0.2) is 0 Å². The van der Waals surface area contributed by atoms with Crippen molar-refractivity contribution in [2.24, 2.45) is 0 Å². The summed E-state index contributed by atoms with van der Waals surface area (Å²) in [6, 6.07) is 13.9. The number of hydrogen-bond donors (Lipinski definition) is 0. The summed E-state index contributed by atoms with van der Waals surface area (Å²) in [6.45, 7) is 0.399. The average Bonchev–Trinajstić information content (AvgIpc) is 2.64. The number of rotatable bonds is 3. The first-order chi connectivity index (χ1) is 12.6. The highest BCUT2D eigenvalue weighted by Gasteiger charge is 2.37. The fraction of sp³-hybridized carbons (Fsp3) is 0.125. The van der Waals surface area contributed by atoms with E-state index >= 15 is 0 Å². The molecule has 0 saturated heterocycles. The van der Waals surface area contributed by atoms with E-state index in [1.807, 2.05) is 0 Å². The highest BCUT2D eigenvalue weighted by Crippen LogP contribution is 2.54. The van der Waals surface area contributed by atoms with Gasteiger partial charge in [0, 0.05) is 13.1 Å². The molecule has 0 N–H and O–H groups in total. The number of halogens is 2. The number of hydrogen-bond acceptors (Lipinski definition) is 4. The lowest BCUT2D eigenvalue weighted by Gasteiger charge is -2.35. The van der Waals surface area contributed by atoms with Crippen LogP contribution in [0.1, 0.15) is 20.7 Å². The maximum atomic E-state index is 12.7. The third kappa shape index (κ3) is 3.12. The average molecular weight is 429 g/mol. The second-order valence-electron chi connectivity index (χ2n) is 5.48. The summed E-state index contributed by atoms with van der Waals surface area (Å²) in [7, 11) is -3.30. The van der Waals surface area contributed by atoms with E-state index in [-0.39, 0.29) is 24.9 Å². The second kappa shape index (κ2) is 7.21. The fourth-order valence-corrected chi connectivity index (χ4v) is 5.82. The lowest BCUT2D eigenvalue weighted by molar-refractivity contribution is 0.0793. The summed E-state index contributed by atoms with van der Waals surface area (Å²) in [5.74, 6) is 0.497. The lowest BCUT2D eigenvalue weighted by Crippen LogP contribution is -2.39. The van der Waals surface area contributed by atoms with E-state index in [2.05, 4.69) is 0 Å². The van der Waals surface area contributed by atoms with Crippen molar-refractivity contribution in [3.8, 4) is 11.5 Å². The molecule has 6 nitrogen and oxygen atoms in total. The van der Waals surface area contributed by atoms with Gasteiger partial charge in [-0.1, -0.05) is 24.3 Å². The molecule has 2 heterocycles. The molecule has 2 aromatic carbocycles. The van der Waals surface area contributed by atoms with Crippen LogP contribution in [-0.2, 0) is 0 Å². The first-order valence-electron chi connectivity index (χ1n) is 7.65. The van der Waals surface area contributed by atoms with E-state index in [0.29, 0.717) is 22.6 Å². The van der Waals surface area contributed by atoms with Gasteiger partial charge in [-0.3, -0.25) is 18.9 Å². The SMILES string of the molecule is O=C1c2ccccc2OP(Cl)N1CCN1C(=O)c2ccccc2OP1Cl. The van der Waals surface area contributed by atoms with Gasteiger partial charge in [0.25, 0.3) is 27.1 Å². The Morgan fingerprint density at radius 1 is 0.731 bits per heavy atom. The number of carbonyl (C=O) groups is 2. The highest BCUT2D eigenvalue weighted by atomic mass is 35.7. The normalized spacial score (nSPS) is 21.6. The third-order valence-electron chi connectivity index (χ3n) is 3.95. The zero-order valence-electron chi connectivity index (χ0n) is 13.2. The van der Waals surface area contributed by atoms with E-state index < -0.39 is 15.3 Å². The van der Waals surface area contributed by atoms with E-state index in [0.717, 1.165) is 0 Å². The standard InChI is InChI=1S/C16H12Cl2N2O4P2/c17-25-19(15(21)11-5-1-3-7-13(11)23-25)9-10-20-16(22)12-6-2-4-8-14(12)24-26(20)18/h1-8H,9-10H2. The molecule has 2 aliphatic rings. The van der Waals surface area contributed by atoms with Crippen molar-refractivity contribution in [1.82, 2.24) is 9.34 Å². The van der Waals surface area contributed by atoms with E-state index in [1.165, 1.54) is 9.34 Å². The van der Waals surface area contributed by atoms with Gasteiger partial charge in [0.2, 0.25) is 0 Å². The molecule has 0 spiro atoms. The Bertz CT molecular complexity index is 813. The Balaban J connectivity index is 1.51. The van der Waals surface area contributed by atoms with Gasteiger partial charge in [-0.15, -0.1) is 0 Å². The summed E-state index contributed by atoms with van der Waals surface area (Å²) in [4.78, 5) is 25.4. The number of carbonyl (C=O) groups excluding carboxylic acids is 2. The molecule has 0 bridgehead atoms. The first-order valence-corrected chi connectivity index (χ1v) is 11.9. The smallest absolute Gasteiger partial charge is 0.299 e. The molecule has 0 radical (unpaired) electrons. The van der Waals surface area contributed by atoms with Crippen molar-refractivity contribution < 1.29 is 18.6 Å². The van der Waals surface area contributed by atoms with Crippen molar-refractivity contribution in [1.29, 1.82) is 0 Å². The topological polar surface area (TPSA) is 59.1 Å². The molecule has 0 aliphatic carbocycles. The molecule has 0 fully saturated rings. The molecule has 2 amide bonds. The van der Waals surface area contributed by atoms with Crippen molar-refractivity contribution in [2.75, 3.05) is 13.1 Å². The van der Waals surface area contributed by atoms with Gasteiger partial charge >= 0.3 is 0 Å². The Morgan fingerprint density at radius 2 is 1.12 bits per heavy atom. The van der Waals surface area contributed by atoms with Gasteiger partial charge in [0.1, 0.15) is 11.5 Å². The maximum absolute atomic E-state index is 12.7. The van der Waals surface area contributed by atoms with Crippen LogP contribution >= 0.6 is 37.8 Å². The first kappa shape index (κ1) is 17.8. The summed E-state index contributed by atoms with van der Waals surface area (Å²) in [6.07, 6.45) is 0. The van der Waals surface area contributed by atoms with Crippen molar-refractivity contribution in [3.05, 3.63) is 59.7 Å². The number of para-hydroxylation sites is 2. The van der Waals surface area contributed by atoms with Crippen molar-refractivity contribution >= 4 is 49.6 Å². The summed E-state index contributed by atoms with van der Waals surface area (Å²) >= 11 is 12.5. The van der Waals surface area contributed by atoms with Crippen molar-refractivity contribution in [3.63, 3.8) is 0 Å². The summed E-state index contributed by atoms with van der Waals surface area (Å²) in [5.41, 5.74) is 0.901. The fourth-order valence-electron chi connectivity index (χ4n) is 2.68. The van der Waals surface area contributed by atoms with E-state index in [9.17, 15) is 9.59 Å². The molecular formula is C16H12Cl2N2O4P2. The number of amides is 2. The van der Waals surface area contributed by atoms with Crippen LogP contribution in [-0.4, -0.2) is 34.2 Å². The molecule has 4 rings (SSSR count). The molecule has 2 atom stereocenters. The molecule has 10 heteroatoms. The minimum atomic E-state index is -1.65. The number of benzene rings is 2. The van der Waals surface area contributed by atoms with Gasteiger partial charge in [0.05, 0.1) is 11.1 Å². The van der Waals surface area contributed by atoms with Crippen LogP contribution in [0, 0.1) is 0 Å². The Hall–Kier alpha value is -1.58. The summed E-state index contributed by atoms with van der Waals surface area (Å²) in [5, 5.41) is 0. The van der Waals surface area contributed by atoms with Crippen LogP contribution < -0.4 is 9.05 Å². The molecule has 0 saturated carbocycles. The maximum Gasteiger partial charge on any atom is 0.299 e. The quantitative estimate of drug-likeness (QED) is 0.646. The van der Waals surface area contributed by atoms with Crippen LogP contribution in [0.15, 0.2) is 48.5 Å². The Kier molecular flexibility index (Phi) is 4.94. The molecule has 26 heavy (non-hydrogen) atoms. The van der Waals surface area contributed by atoms with Crippen LogP contribution in [0.25, 0.3) is 0 Å². The molecule has 2 aliphatic heterocycles. The van der Waals surface area contributed by atoms with E-state index in [4.69, 9.17) is 31.5 Å². The predicted molar refractivity (Wildman–Crippen MR) is 102 cm³/mol. The van der Waals surface area contributed by atoms with Gasteiger partial charge < -0.3 is 9.05 Å². The number of fused-ring (bicyclic) bond motifs is 2. The molecule has 2 aromatic rings. The van der Waals surface area contributed by atoms with Gasteiger partial charge in [-0.25, -0.2) is 0 Å². The monoisotopic (exact) mass is 428 g/mol. The minimum Gasteiger partial charge on any atom is -0.440 e. The van der Waals surface area contributed by atoms with Crippen LogP contribution in [0.5, 0.6) is 11.5 Å². The molecular weight excluding hydrogens is 417 g/mol. The minimum absolute atomic E-state index is 0.200. The second-order valence-corrected chi connectivity index (χ2v) is 9.46. The van der Waals surface area contributed by atoms with E-state index in [1.54, 1.807) is 48.5 Å². The zero-order valence-corrected chi connectivity index (χ0v) is 16.5. The molecule has 134 valence electrons. The third-order valence-corrected chi connectivity index (χ3v) is 7.68. The zero-order chi connectivity index (χ0) is 18.3. The molecule has 0 aromatic heterocycles. The van der Waals surface area contributed by atoms with Crippen molar-refractivity contribution in [2.45, 2.75) is 0 Å². The Morgan fingerprint density at radius 3 is 1.54 bits per heavy atom.